The molecule has 0 radical (unpaired) electrons. The van der Waals surface area contributed by atoms with Crippen LogP contribution in [0.25, 0.3) is 31.6 Å². The largest absolute Gasteiger partial charge is 0.326 e. The summed E-state index contributed by atoms with van der Waals surface area (Å²) in [5.74, 6) is -0.145. The normalized spacial score (nSPS) is 11.3. The molecule has 130 valence electrons. The van der Waals surface area contributed by atoms with E-state index in [9.17, 15) is 14.4 Å². The van der Waals surface area contributed by atoms with Crippen LogP contribution in [0.2, 0.25) is 5.02 Å². The minimum absolute atomic E-state index is 0.145. The Kier molecular flexibility index (Phi) is 3.78. The van der Waals surface area contributed by atoms with Crippen LogP contribution in [-0.2, 0) is 0 Å². The van der Waals surface area contributed by atoms with Gasteiger partial charge < -0.3 is 4.98 Å². The Balaban J connectivity index is 2.30. The van der Waals surface area contributed by atoms with Crippen LogP contribution < -0.4 is 11.2 Å². The number of aryl methyl sites for hydroxylation is 1. The Morgan fingerprint density at radius 1 is 1.15 bits per heavy atom. The molecule has 4 aromatic rings. The van der Waals surface area contributed by atoms with E-state index in [1.165, 1.54) is 18.3 Å². The van der Waals surface area contributed by atoms with Crippen molar-refractivity contribution in [3.63, 3.8) is 0 Å². The SMILES string of the molecule is CC(=O)c1c(C)nc2sc3c(=O)[nH]c(=O)[nH]c3c2c1-c1ccc(Cl)cc1. The Bertz CT molecular complexity index is 1320. The van der Waals surface area contributed by atoms with Crippen LogP contribution in [0.4, 0.5) is 0 Å². The van der Waals surface area contributed by atoms with Crippen molar-refractivity contribution in [1.82, 2.24) is 15.0 Å². The summed E-state index contributed by atoms with van der Waals surface area (Å²) in [5.41, 5.74) is 1.74. The van der Waals surface area contributed by atoms with E-state index in [1.54, 1.807) is 31.2 Å². The number of nitrogens with zero attached hydrogens (tertiary/aromatic N) is 1. The topological polar surface area (TPSA) is 95.7 Å². The van der Waals surface area contributed by atoms with Gasteiger partial charge in [-0.25, -0.2) is 9.78 Å². The number of ketones is 1. The molecule has 6 nitrogen and oxygen atoms in total. The summed E-state index contributed by atoms with van der Waals surface area (Å²) >= 11 is 7.18. The number of rotatable bonds is 2. The molecule has 0 atom stereocenters. The van der Waals surface area contributed by atoms with Gasteiger partial charge >= 0.3 is 5.69 Å². The molecular weight excluding hydrogens is 374 g/mol. The predicted octanol–water partition coefficient (Wildman–Crippen LogP) is 3.66. The zero-order chi connectivity index (χ0) is 18.6. The summed E-state index contributed by atoms with van der Waals surface area (Å²) in [6.07, 6.45) is 0. The van der Waals surface area contributed by atoms with Crippen molar-refractivity contribution in [1.29, 1.82) is 0 Å². The third-order valence-electron chi connectivity index (χ3n) is 4.18. The standard InChI is InChI=1S/C18H12ClN3O3S/c1-7-11(8(2)23)12(9-3-5-10(19)6-4-9)13-14-15(26-17(13)20-7)16(24)22-18(25)21-14/h3-6H,1-2H3,(H2,21,22,24,25). The quantitative estimate of drug-likeness (QED) is 0.515. The summed E-state index contributed by atoms with van der Waals surface area (Å²) < 4.78 is 0.363. The second kappa shape index (κ2) is 5.89. The molecule has 26 heavy (non-hydrogen) atoms. The second-order valence-corrected chi connectivity index (χ2v) is 7.34. The molecule has 0 unspecified atom stereocenters. The molecule has 0 aliphatic heterocycles. The first-order valence-electron chi connectivity index (χ1n) is 7.73. The molecule has 0 saturated heterocycles. The summed E-state index contributed by atoms with van der Waals surface area (Å²) in [5, 5.41) is 1.16. The van der Waals surface area contributed by atoms with E-state index < -0.39 is 11.2 Å². The van der Waals surface area contributed by atoms with E-state index in [1.807, 2.05) is 0 Å². The number of halogens is 1. The third-order valence-corrected chi connectivity index (χ3v) is 5.51. The van der Waals surface area contributed by atoms with Crippen molar-refractivity contribution in [2.45, 2.75) is 13.8 Å². The van der Waals surface area contributed by atoms with E-state index in [4.69, 9.17) is 11.6 Å². The fraction of sp³-hybridized carbons (Fsp3) is 0.111. The minimum Gasteiger partial charge on any atom is -0.305 e. The molecule has 0 aliphatic carbocycles. The number of hydrogen-bond donors (Lipinski definition) is 2. The number of hydrogen-bond acceptors (Lipinski definition) is 5. The lowest BCUT2D eigenvalue weighted by Gasteiger charge is -2.12. The predicted molar refractivity (Wildman–Crippen MR) is 104 cm³/mol. The molecule has 2 N–H and O–H groups in total. The zero-order valence-electron chi connectivity index (χ0n) is 13.8. The van der Waals surface area contributed by atoms with Gasteiger partial charge in [0.05, 0.1) is 11.2 Å². The zero-order valence-corrected chi connectivity index (χ0v) is 15.3. The van der Waals surface area contributed by atoms with E-state index in [0.29, 0.717) is 42.3 Å². The Labute approximate surface area is 155 Å². The molecular formula is C18H12ClN3O3S. The molecule has 0 bridgehead atoms. The van der Waals surface area contributed by atoms with E-state index >= 15 is 0 Å². The molecule has 0 aliphatic rings. The van der Waals surface area contributed by atoms with Crippen molar-refractivity contribution >= 4 is 49.2 Å². The molecule has 8 heteroatoms. The summed E-state index contributed by atoms with van der Waals surface area (Å²) in [6.45, 7) is 3.23. The molecule has 0 saturated carbocycles. The maximum absolute atomic E-state index is 12.4. The highest BCUT2D eigenvalue weighted by Crippen LogP contribution is 2.40. The molecule has 1 aromatic carbocycles. The Hall–Kier alpha value is -2.77. The van der Waals surface area contributed by atoms with Crippen LogP contribution in [0.15, 0.2) is 33.9 Å². The average Bonchev–Trinajstić information content (AvgIpc) is 2.92. The fourth-order valence-electron chi connectivity index (χ4n) is 3.16. The van der Waals surface area contributed by atoms with Crippen LogP contribution >= 0.6 is 22.9 Å². The molecule has 3 aromatic heterocycles. The van der Waals surface area contributed by atoms with Crippen LogP contribution in [0.5, 0.6) is 0 Å². The van der Waals surface area contributed by atoms with Gasteiger partial charge in [0.25, 0.3) is 5.56 Å². The van der Waals surface area contributed by atoms with Crippen molar-refractivity contribution < 1.29 is 4.79 Å². The highest BCUT2D eigenvalue weighted by Gasteiger charge is 2.22. The number of benzene rings is 1. The number of aromatic amines is 2. The lowest BCUT2D eigenvalue weighted by Crippen LogP contribution is -2.20. The van der Waals surface area contributed by atoms with Crippen molar-refractivity contribution in [2.24, 2.45) is 0 Å². The highest BCUT2D eigenvalue weighted by atomic mass is 35.5. The number of carbonyl (C=O) groups is 1. The number of nitrogens with one attached hydrogen (secondary N) is 2. The van der Waals surface area contributed by atoms with Crippen molar-refractivity contribution in [3.05, 3.63) is 61.4 Å². The van der Waals surface area contributed by atoms with Crippen LogP contribution in [0.3, 0.4) is 0 Å². The summed E-state index contributed by atoms with van der Waals surface area (Å²) in [7, 11) is 0. The molecule has 0 amide bonds. The van der Waals surface area contributed by atoms with Crippen molar-refractivity contribution in [2.75, 3.05) is 0 Å². The van der Waals surface area contributed by atoms with Crippen LogP contribution in [0.1, 0.15) is 23.0 Å². The van der Waals surface area contributed by atoms with Gasteiger partial charge in [0.2, 0.25) is 0 Å². The van der Waals surface area contributed by atoms with Gasteiger partial charge in [-0.3, -0.25) is 14.6 Å². The Morgan fingerprint density at radius 2 is 1.85 bits per heavy atom. The van der Waals surface area contributed by atoms with Gasteiger partial charge in [-0.1, -0.05) is 23.7 Å². The van der Waals surface area contributed by atoms with E-state index in [2.05, 4.69) is 15.0 Å². The smallest absolute Gasteiger partial charge is 0.305 e. The monoisotopic (exact) mass is 385 g/mol. The number of H-pyrrole nitrogens is 2. The maximum atomic E-state index is 12.4. The van der Waals surface area contributed by atoms with Gasteiger partial charge in [-0.05, 0) is 31.5 Å². The molecule has 0 fully saturated rings. The molecule has 4 rings (SSSR count). The first-order valence-corrected chi connectivity index (χ1v) is 8.92. The van der Waals surface area contributed by atoms with Gasteiger partial charge in [-0.2, -0.15) is 0 Å². The van der Waals surface area contributed by atoms with Crippen molar-refractivity contribution in [3.8, 4) is 11.1 Å². The first-order chi connectivity index (χ1) is 12.4. The van der Waals surface area contributed by atoms with Gasteiger partial charge in [-0.15, -0.1) is 11.3 Å². The lowest BCUT2D eigenvalue weighted by atomic mass is 9.94. The number of aromatic nitrogens is 3. The van der Waals surface area contributed by atoms with Crippen LogP contribution in [0, 0.1) is 6.92 Å². The van der Waals surface area contributed by atoms with E-state index in [0.717, 1.165) is 5.56 Å². The maximum Gasteiger partial charge on any atom is 0.326 e. The summed E-state index contributed by atoms with van der Waals surface area (Å²) in [4.78, 5) is 46.4. The lowest BCUT2D eigenvalue weighted by molar-refractivity contribution is 0.101. The molecule has 0 spiro atoms. The van der Waals surface area contributed by atoms with Gasteiger partial charge in [0.15, 0.2) is 5.78 Å². The van der Waals surface area contributed by atoms with Gasteiger partial charge in [0.1, 0.15) is 9.53 Å². The van der Waals surface area contributed by atoms with E-state index in [-0.39, 0.29) is 5.78 Å². The third kappa shape index (κ3) is 2.48. The number of pyridine rings is 1. The van der Waals surface area contributed by atoms with Crippen LogP contribution in [-0.4, -0.2) is 20.7 Å². The first kappa shape index (κ1) is 16.7. The number of Topliss-reactive ketones (excluding diaryl/α,β-unsaturated/α-hetero) is 1. The minimum atomic E-state index is -0.603. The Morgan fingerprint density at radius 3 is 2.50 bits per heavy atom. The number of thiophene rings is 1. The average molecular weight is 386 g/mol. The highest BCUT2D eigenvalue weighted by molar-refractivity contribution is 7.25. The fourth-order valence-corrected chi connectivity index (χ4v) is 4.37. The molecule has 3 heterocycles. The number of fused-ring (bicyclic) bond motifs is 3. The number of carbonyl (C=O) groups excluding carboxylic acids is 1. The second-order valence-electron chi connectivity index (χ2n) is 5.90. The summed E-state index contributed by atoms with van der Waals surface area (Å²) in [6, 6.07) is 7.06. The van der Waals surface area contributed by atoms with Gasteiger partial charge in [0, 0.05) is 21.5 Å².